The summed E-state index contributed by atoms with van der Waals surface area (Å²) in [6.45, 7) is 3.05. The van der Waals surface area contributed by atoms with Crippen molar-refractivity contribution in [2.24, 2.45) is 0 Å². The van der Waals surface area contributed by atoms with Crippen LogP contribution >= 0.6 is 0 Å². The van der Waals surface area contributed by atoms with Gasteiger partial charge in [-0.3, -0.25) is 9.59 Å². The van der Waals surface area contributed by atoms with E-state index < -0.39 is 0 Å². The molecule has 1 fully saturated rings. The van der Waals surface area contributed by atoms with Crippen molar-refractivity contribution in [2.45, 2.75) is 6.54 Å². The van der Waals surface area contributed by atoms with Gasteiger partial charge in [0.15, 0.2) is 0 Å². The van der Waals surface area contributed by atoms with E-state index in [0.717, 1.165) is 0 Å². The first-order valence-electron chi connectivity index (χ1n) is 8.73. The molecule has 0 bridgehead atoms. The minimum atomic E-state index is -0.160. The Morgan fingerprint density at radius 2 is 2.04 bits per heavy atom. The summed E-state index contributed by atoms with van der Waals surface area (Å²) in [4.78, 5) is 32.7. The van der Waals surface area contributed by atoms with Crippen LogP contribution < -0.4 is 10.5 Å². The Balaban J connectivity index is 1.68. The van der Waals surface area contributed by atoms with Gasteiger partial charge in [0, 0.05) is 58.3 Å². The summed E-state index contributed by atoms with van der Waals surface area (Å²) < 4.78 is 6.49. The van der Waals surface area contributed by atoms with Gasteiger partial charge in [-0.05, 0) is 18.2 Å². The SMILES string of the molecule is COCCn1cc(C(=O)N2CCN(c3ncccc3C#N)CC2)ccc1=O. The van der Waals surface area contributed by atoms with Crippen LogP contribution in [-0.4, -0.2) is 60.3 Å². The summed E-state index contributed by atoms with van der Waals surface area (Å²) in [5.41, 5.74) is 0.852. The lowest BCUT2D eigenvalue weighted by Gasteiger charge is -2.35. The molecule has 0 N–H and O–H groups in total. The van der Waals surface area contributed by atoms with Gasteiger partial charge in [-0.2, -0.15) is 5.26 Å². The van der Waals surface area contributed by atoms with E-state index >= 15 is 0 Å². The van der Waals surface area contributed by atoms with Crippen LogP contribution in [0.3, 0.4) is 0 Å². The van der Waals surface area contributed by atoms with Crippen molar-refractivity contribution in [3.05, 3.63) is 58.1 Å². The maximum atomic E-state index is 12.8. The molecular formula is C19H21N5O3. The highest BCUT2D eigenvalue weighted by Gasteiger charge is 2.24. The Bertz CT molecular complexity index is 910. The summed E-state index contributed by atoms with van der Waals surface area (Å²) in [6.07, 6.45) is 3.25. The second-order valence-corrected chi connectivity index (χ2v) is 6.21. The molecule has 3 heterocycles. The van der Waals surface area contributed by atoms with Gasteiger partial charge in [0.05, 0.1) is 17.7 Å². The topological polar surface area (TPSA) is 91.5 Å². The fraction of sp³-hybridized carbons (Fsp3) is 0.368. The molecule has 3 rings (SSSR count). The van der Waals surface area contributed by atoms with Gasteiger partial charge in [0.2, 0.25) is 0 Å². The number of carbonyl (C=O) groups excluding carboxylic acids is 1. The molecule has 8 heteroatoms. The summed E-state index contributed by atoms with van der Waals surface area (Å²) >= 11 is 0. The second-order valence-electron chi connectivity index (χ2n) is 6.21. The van der Waals surface area contributed by atoms with Gasteiger partial charge in [-0.25, -0.2) is 4.98 Å². The van der Waals surface area contributed by atoms with Crippen molar-refractivity contribution < 1.29 is 9.53 Å². The van der Waals surface area contributed by atoms with Gasteiger partial charge < -0.3 is 19.1 Å². The third-order valence-corrected chi connectivity index (χ3v) is 4.54. The molecule has 140 valence electrons. The number of ether oxygens (including phenoxy) is 1. The van der Waals surface area contributed by atoms with E-state index in [1.807, 2.05) is 4.90 Å². The van der Waals surface area contributed by atoms with E-state index in [4.69, 9.17) is 4.74 Å². The maximum absolute atomic E-state index is 12.8. The van der Waals surface area contributed by atoms with Crippen molar-refractivity contribution >= 4 is 11.7 Å². The number of piperazine rings is 1. The predicted molar refractivity (Wildman–Crippen MR) is 99.6 cm³/mol. The molecule has 1 aliphatic rings. The van der Waals surface area contributed by atoms with E-state index in [1.165, 1.54) is 10.6 Å². The molecule has 0 unspecified atom stereocenters. The standard InChI is InChI=1S/C19H21N5O3/c1-27-12-11-24-14-16(4-5-17(24)25)19(26)23-9-7-22(8-10-23)18-15(13-20)3-2-6-21-18/h2-6,14H,7-12H2,1H3. The predicted octanol–water partition coefficient (Wildman–Crippen LogP) is 0.724. The van der Waals surface area contributed by atoms with E-state index in [2.05, 4.69) is 11.1 Å². The molecule has 2 aromatic heterocycles. The first-order chi connectivity index (χ1) is 13.1. The van der Waals surface area contributed by atoms with Crippen molar-refractivity contribution in [3.63, 3.8) is 0 Å². The minimum Gasteiger partial charge on any atom is -0.383 e. The van der Waals surface area contributed by atoms with Gasteiger partial charge in [-0.1, -0.05) is 0 Å². The molecule has 1 amide bonds. The Labute approximate surface area is 157 Å². The zero-order valence-electron chi connectivity index (χ0n) is 15.2. The maximum Gasteiger partial charge on any atom is 0.255 e. The molecule has 8 nitrogen and oxygen atoms in total. The van der Waals surface area contributed by atoms with Crippen molar-refractivity contribution in [2.75, 3.05) is 44.8 Å². The van der Waals surface area contributed by atoms with Gasteiger partial charge >= 0.3 is 0 Å². The normalized spacial score (nSPS) is 14.1. The first kappa shape index (κ1) is 18.6. The molecule has 0 saturated carbocycles. The summed E-state index contributed by atoms with van der Waals surface area (Å²) in [7, 11) is 1.57. The number of aromatic nitrogens is 2. The molecule has 2 aromatic rings. The molecule has 1 aliphatic heterocycles. The fourth-order valence-corrected chi connectivity index (χ4v) is 3.06. The molecule has 1 saturated heterocycles. The van der Waals surface area contributed by atoms with Gasteiger partial charge in [0.1, 0.15) is 11.9 Å². The van der Waals surface area contributed by atoms with Crippen LogP contribution in [0, 0.1) is 11.3 Å². The van der Waals surface area contributed by atoms with E-state index in [9.17, 15) is 14.9 Å². The molecule has 0 aliphatic carbocycles. The number of pyridine rings is 2. The molecular weight excluding hydrogens is 346 g/mol. The lowest BCUT2D eigenvalue weighted by Crippen LogP contribution is -2.49. The van der Waals surface area contributed by atoms with Crippen LogP contribution in [0.25, 0.3) is 0 Å². The van der Waals surface area contributed by atoms with E-state index in [0.29, 0.717) is 56.3 Å². The van der Waals surface area contributed by atoms with Crippen LogP contribution in [-0.2, 0) is 11.3 Å². The number of amides is 1. The molecule has 0 spiro atoms. The number of hydrogen-bond acceptors (Lipinski definition) is 6. The zero-order chi connectivity index (χ0) is 19.2. The van der Waals surface area contributed by atoms with Crippen molar-refractivity contribution in [1.82, 2.24) is 14.5 Å². The third kappa shape index (κ3) is 4.15. The fourth-order valence-electron chi connectivity index (χ4n) is 3.06. The van der Waals surface area contributed by atoms with Crippen molar-refractivity contribution in [3.8, 4) is 6.07 Å². The Morgan fingerprint density at radius 1 is 1.26 bits per heavy atom. The number of carbonyl (C=O) groups is 1. The lowest BCUT2D eigenvalue weighted by atomic mass is 10.2. The van der Waals surface area contributed by atoms with Crippen LogP contribution in [0.15, 0.2) is 41.5 Å². The highest BCUT2D eigenvalue weighted by molar-refractivity contribution is 5.94. The number of nitrogens with zero attached hydrogens (tertiary/aromatic N) is 5. The highest BCUT2D eigenvalue weighted by Crippen LogP contribution is 2.18. The zero-order valence-corrected chi connectivity index (χ0v) is 15.2. The van der Waals surface area contributed by atoms with E-state index in [-0.39, 0.29) is 11.5 Å². The lowest BCUT2D eigenvalue weighted by molar-refractivity contribution is 0.0745. The molecule has 0 radical (unpaired) electrons. The summed E-state index contributed by atoms with van der Waals surface area (Å²) in [5.74, 6) is 0.544. The second kappa shape index (κ2) is 8.47. The summed E-state index contributed by atoms with van der Waals surface area (Å²) in [6, 6.07) is 8.60. The monoisotopic (exact) mass is 367 g/mol. The van der Waals surface area contributed by atoms with Crippen LogP contribution in [0.1, 0.15) is 15.9 Å². The Hall–Kier alpha value is -3.18. The quantitative estimate of drug-likeness (QED) is 0.773. The number of rotatable bonds is 5. The number of anilines is 1. The molecule has 27 heavy (non-hydrogen) atoms. The molecule has 0 aromatic carbocycles. The minimum absolute atomic E-state index is 0.109. The third-order valence-electron chi connectivity index (χ3n) is 4.54. The largest absolute Gasteiger partial charge is 0.383 e. The van der Waals surface area contributed by atoms with Gasteiger partial charge in [-0.15, -0.1) is 0 Å². The van der Waals surface area contributed by atoms with Crippen LogP contribution in [0.5, 0.6) is 0 Å². The number of nitriles is 1. The number of hydrogen-bond donors (Lipinski definition) is 0. The van der Waals surface area contributed by atoms with Gasteiger partial charge in [0.25, 0.3) is 11.5 Å². The van der Waals surface area contributed by atoms with Crippen LogP contribution in [0.2, 0.25) is 0 Å². The average molecular weight is 367 g/mol. The number of methoxy groups -OCH3 is 1. The first-order valence-corrected chi connectivity index (χ1v) is 8.73. The highest BCUT2D eigenvalue weighted by atomic mass is 16.5. The van der Waals surface area contributed by atoms with Crippen molar-refractivity contribution in [1.29, 1.82) is 5.26 Å². The average Bonchev–Trinajstić information content (AvgIpc) is 2.72. The molecule has 0 atom stereocenters. The smallest absolute Gasteiger partial charge is 0.255 e. The Kier molecular flexibility index (Phi) is 5.84. The summed E-state index contributed by atoms with van der Waals surface area (Å²) in [5, 5.41) is 9.23. The Morgan fingerprint density at radius 3 is 2.74 bits per heavy atom. The van der Waals surface area contributed by atoms with Crippen LogP contribution in [0.4, 0.5) is 5.82 Å². The van der Waals surface area contributed by atoms with E-state index in [1.54, 1.807) is 42.6 Å².